The number of allylic oxidation sites excluding steroid dienone is 4. The van der Waals surface area contributed by atoms with E-state index in [1.807, 2.05) is 12.4 Å². The Morgan fingerprint density at radius 3 is 2.59 bits per heavy atom. The van der Waals surface area contributed by atoms with Crippen LogP contribution in [0.2, 0.25) is 0 Å². The molecule has 2 nitrogen and oxygen atoms in total. The maximum atomic E-state index is 4.49. The standard InChI is InChI=1S/C15H22N2/c1-11(2)13-6-5-7-15(10-13,12(3)4)14-16-8-9-17-14/h5-9,11-12H,10H2,1-4H3,(H,16,17). The number of aromatic nitrogens is 2. The van der Waals surface area contributed by atoms with Gasteiger partial charge in [0.15, 0.2) is 0 Å². The summed E-state index contributed by atoms with van der Waals surface area (Å²) in [5, 5.41) is 0. The molecule has 2 rings (SSSR count). The fourth-order valence-electron chi connectivity index (χ4n) is 2.55. The second kappa shape index (κ2) is 4.52. The minimum Gasteiger partial charge on any atom is -0.348 e. The molecule has 1 unspecified atom stereocenters. The van der Waals surface area contributed by atoms with Gasteiger partial charge in [-0.15, -0.1) is 0 Å². The number of aromatic amines is 1. The third kappa shape index (κ3) is 2.08. The molecule has 17 heavy (non-hydrogen) atoms. The Morgan fingerprint density at radius 1 is 1.29 bits per heavy atom. The lowest BCUT2D eigenvalue weighted by Gasteiger charge is -2.36. The predicted molar refractivity (Wildman–Crippen MR) is 71.8 cm³/mol. The van der Waals surface area contributed by atoms with Crippen molar-refractivity contribution in [1.82, 2.24) is 9.97 Å². The second-order valence-corrected chi connectivity index (χ2v) is 5.57. The van der Waals surface area contributed by atoms with Gasteiger partial charge in [-0.05, 0) is 18.3 Å². The van der Waals surface area contributed by atoms with Gasteiger partial charge in [-0.3, -0.25) is 0 Å². The van der Waals surface area contributed by atoms with Crippen LogP contribution in [0.25, 0.3) is 0 Å². The van der Waals surface area contributed by atoms with Gasteiger partial charge >= 0.3 is 0 Å². The summed E-state index contributed by atoms with van der Waals surface area (Å²) in [6.07, 6.45) is 11.6. The van der Waals surface area contributed by atoms with Crippen LogP contribution < -0.4 is 0 Å². The van der Waals surface area contributed by atoms with E-state index >= 15 is 0 Å². The molecule has 1 atom stereocenters. The van der Waals surface area contributed by atoms with Crippen LogP contribution in [-0.4, -0.2) is 9.97 Å². The summed E-state index contributed by atoms with van der Waals surface area (Å²) < 4.78 is 0. The third-order valence-corrected chi connectivity index (χ3v) is 3.91. The first-order valence-corrected chi connectivity index (χ1v) is 6.44. The summed E-state index contributed by atoms with van der Waals surface area (Å²) in [5.41, 5.74) is 1.55. The summed E-state index contributed by atoms with van der Waals surface area (Å²) in [5.74, 6) is 2.23. The molecule has 1 aliphatic rings. The van der Waals surface area contributed by atoms with Crippen molar-refractivity contribution in [1.29, 1.82) is 0 Å². The van der Waals surface area contributed by atoms with Gasteiger partial charge in [0.2, 0.25) is 0 Å². The zero-order valence-corrected chi connectivity index (χ0v) is 11.2. The molecule has 92 valence electrons. The van der Waals surface area contributed by atoms with E-state index in [1.165, 1.54) is 5.57 Å². The SMILES string of the molecule is CC(C)C1=CC=CC(c2ncc[nH]2)(C(C)C)C1. The molecule has 0 radical (unpaired) electrons. The van der Waals surface area contributed by atoms with Gasteiger partial charge in [-0.25, -0.2) is 4.98 Å². The van der Waals surface area contributed by atoms with Crippen LogP contribution in [0.3, 0.4) is 0 Å². The maximum absolute atomic E-state index is 4.49. The lowest BCUT2D eigenvalue weighted by atomic mass is 9.68. The van der Waals surface area contributed by atoms with E-state index in [2.05, 4.69) is 55.9 Å². The molecule has 0 saturated heterocycles. The summed E-state index contributed by atoms with van der Waals surface area (Å²) in [7, 11) is 0. The number of hydrogen-bond donors (Lipinski definition) is 1. The summed E-state index contributed by atoms with van der Waals surface area (Å²) >= 11 is 0. The van der Waals surface area contributed by atoms with Crippen molar-refractivity contribution in [2.75, 3.05) is 0 Å². The Hall–Kier alpha value is -1.31. The average Bonchev–Trinajstić information content (AvgIpc) is 2.82. The van der Waals surface area contributed by atoms with E-state index in [4.69, 9.17) is 0 Å². The van der Waals surface area contributed by atoms with Gasteiger partial charge in [0.05, 0.1) is 5.41 Å². The van der Waals surface area contributed by atoms with E-state index in [0.29, 0.717) is 11.8 Å². The Balaban J connectivity index is 2.40. The van der Waals surface area contributed by atoms with Crippen molar-refractivity contribution in [3.63, 3.8) is 0 Å². The molecule has 1 aliphatic carbocycles. The van der Waals surface area contributed by atoms with Crippen molar-refractivity contribution in [3.05, 3.63) is 42.0 Å². The first-order chi connectivity index (χ1) is 8.06. The van der Waals surface area contributed by atoms with Gasteiger partial charge in [0.1, 0.15) is 5.82 Å². The van der Waals surface area contributed by atoms with Crippen molar-refractivity contribution in [2.24, 2.45) is 11.8 Å². The molecule has 1 aromatic heterocycles. The van der Waals surface area contributed by atoms with Crippen molar-refractivity contribution in [3.8, 4) is 0 Å². The van der Waals surface area contributed by atoms with Crippen LogP contribution >= 0.6 is 0 Å². The zero-order chi connectivity index (χ0) is 12.5. The number of hydrogen-bond acceptors (Lipinski definition) is 1. The Labute approximate surface area is 104 Å². The van der Waals surface area contributed by atoms with Gasteiger partial charge in [-0.2, -0.15) is 0 Å². The molecule has 1 aromatic rings. The highest BCUT2D eigenvalue weighted by atomic mass is 14.9. The van der Waals surface area contributed by atoms with E-state index in [0.717, 1.165) is 12.2 Å². The van der Waals surface area contributed by atoms with Crippen LogP contribution in [0.5, 0.6) is 0 Å². The summed E-state index contributed by atoms with van der Waals surface area (Å²) in [6.45, 7) is 9.07. The fourth-order valence-corrected chi connectivity index (χ4v) is 2.55. The van der Waals surface area contributed by atoms with Crippen LogP contribution in [0.15, 0.2) is 36.2 Å². The summed E-state index contributed by atoms with van der Waals surface area (Å²) in [6, 6.07) is 0. The smallest absolute Gasteiger partial charge is 0.116 e. The van der Waals surface area contributed by atoms with Crippen molar-refractivity contribution < 1.29 is 0 Å². The number of imidazole rings is 1. The van der Waals surface area contributed by atoms with Gasteiger partial charge in [0, 0.05) is 12.4 Å². The molecule has 0 spiro atoms. The first-order valence-electron chi connectivity index (χ1n) is 6.44. The normalized spacial score (nSPS) is 24.5. The molecule has 1 heterocycles. The van der Waals surface area contributed by atoms with Crippen molar-refractivity contribution in [2.45, 2.75) is 39.5 Å². The topological polar surface area (TPSA) is 28.7 Å². The van der Waals surface area contributed by atoms with Gasteiger partial charge < -0.3 is 4.98 Å². The van der Waals surface area contributed by atoms with Gasteiger partial charge in [0.25, 0.3) is 0 Å². The van der Waals surface area contributed by atoms with E-state index in [9.17, 15) is 0 Å². The Kier molecular flexibility index (Phi) is 3.23. The quantitative estimate of drug-likeness (QED) is 0.839. The minimum absolute atomic E-state index is 0.0395. The predicted octanol–water partition coefficient (Wildman–Crippen LogP) is 3.85. The largest absolute Gasteiger partial charge is 0.348 e. The zero-order valence-electron chi connectivity index (χ0n) is 11.2. The van der Waals surface area contributed by atoms with Gasteiger partial charge in [-0.1, -0.05) is 51.5 Å². The number of H-pyrrole nitrogens is 1. The maximum Gasteiger partial charge on any atom is 0.116 e. The highest BCUT2D eigenvalue weighted by Gasteiger charge is 2.37. The van der Waals surface area contributed by atoms with E-state index < -0.39 is 0 Å². The molecule has 0 saturated carbocycles. The highest BCUT2D eigenvalue weighted by Crippen LogP contribution is 2.41. The molecular weight excluding hydrogens is 208 g/mol. The molecule has 0 aromatic carbocycles. The average molecular weight is 230 g/mol. The lowest BCUT2D eigenvalue weighted by Crippen LogP contribution is -2.34. The molecule has 0 aliphatic heterocycles. The molecule has 0 amide bonds. The number of nitrogens with one attached hydrogen (secondary N) is 1. The minimum atomic E-state index is 0.0395. The molecular formula is C15H22N2. The summed E-state index contributed by atoms with van der Waals surface area (Å²) in [4.78, 5) is 7.79. The van der Waals surface area contributed by atoms with Crippen molar-refractivity contribution >= 4 is 0 Å². The van der Waals surface area contributed by atoms with Crippen LogP contribution in [0.4, 0.5) is 0 Å². The van der Waals surface area contributed by atoms with Crippen LogP contribution in [-0.2, 0) is 5.41 Å². The Bertz CT molecular complexity index is 424. The van der Waals surface area contributed by atoms with E-state index in [-0.39, 0.29) is 5.41 Å². The number of nitrogens with zero attached hydrogens (tertiary/aromatic N) is 1. The molecule has 2 heteroatoms. The molecule has 0 bridgehead atoms. The molecule has 0 fully saturated rings. The first kappa shape index (κ1) is 12.2. The number of rotatable bonds is 3. The second-order valence-electron chi connectivity index (χ2n) is 5.57. The van der Waals surface area contributed by atoms with Crippen LogP contribution in [0.1, 0.15) is 39.9 Å². The third-order valence-electron chi connectivity index (χ3n) is 3.91. The molecule has 1 N–H and O–H groups in total. The monoisotopic (exact) mass is 230 g/mol. The van der Waals surface area contributed by atoms with E-state index in [1.54, 1.807) is 0 Å². The lowest BCUT2D eigenvalue weighted by molar-refractivity contribution is 0.350. The fraction of sp³-hybridized carbons (Fsp3) is 0.533. The van der Waals surface area contributed by atoms with Crippen LogP contribution in [0, 0.1) is 11.8 Å². The highest BCUT2D eigenvalue weighted by molar-refractivity contribution is 5.33. The Morgan fingerprint density at radius 2 is 2.06 bits per heavy atom.